The molecule has 2 rings (SSSR count). The second-order valence-corrected chi connectivity index (χ2v) is 6.09. The molecule has 1 N–H and O–H groups in total. The van der Waals surface area contributed by atoms with Crippen molar-refractivity contribution < 1.29 is 14.3 Å². The second kappa shape index (κ2) is 8.16. The van der Waals surface area contributed by atoms with Gasteiger partial charge in [0.25, 0.3) is 5.91 Å². The highest BCUT2D eigenvalue weighted by Gasteiger charge is 2.09. The number of amides is 1. The molecule has 1 amide bonds. The SMILES string of the molecule is COc1cc(Cl)c(/C=N\NC(=O)c2ccc(I)cc2)cc1OC. The Bertz CT molecular complexity index is 733. The fraction of sp³-hybridized carbons (Fsp3) is 0.125. The quantitative estimate of drug-likeness (QED) is 0.434. The van der Waals surface area contributed by atoms with Gasteiger partial charge in [0, 0.05) is 20.8 Å². The van der Waals surface area contributed by atoms with E-state index in [4.69, 9.17) is 21.1 Å². The molecule has 0 radical (unpaired) electrons. The van der Waals surface area contributed by atoms with Gasteiger partial charge >= 0.3 is 0 Å². The fourth-order valence-corrected chi connectivity index (χ4v) is 2.36. The first-order chi connectivity index (χ1) is 11.0. The lowest BCUT2D eigenvalue weighted by atomic mass is 10.2. The molecule has 0 unspecified atom stereocenters. The Hall–Kier alpha value is -1.80. The molecular formula is C16H14ClIN2O3. The summed E-state index contributed by atoms with van der Waals surface area (Å²) >= 11 is 8.32. The van der Waals surface area contributed by atoms with Gasteiger partial charge in [0.2, 0.25) is 0 Å². The van der Waals surface area contributed by atoms with Crippen molar-refractivity contribution >= 4 is 46.3 Å². The lowest BCUT2D eigenvalue weighted by Gasteiger charge is -2.09. The largest absolute Gasteiger partial charge is 0.493 e. The molecule has 0 saturated heterocycles. The first kappa shape index (κ1) is 17.6. The highest BCUT2D eigenvalue weighted by Crippen LogP contribution is 2.32. The van der Waals surface area contributed by atoms with Crippen molar-refractivity contribution in [2.45, 2.75) is 0 Å². The summed E-state index contributed by atoms with van der Waals surface area (Å²) in [7, 11) is 3.06. The van der Waals surface area contributed by atoms with Crippen LogP contribution in [0.2, 0.25) is 5.02 Å². The molecule has 0 fully saturated rings. The Morgan fingerprint density at radius 3 is 2.39 bits per heavy atom. The van der Waals surface area contributed by atoms with E-state index in [1.54, 1.807) is 24.3 Å². The van der Waals surface area contributed by atoms with Crippen LogP contribution < -0.4 is 14.9 Å². The number of ether oxygens (including phenoxy) is 2. The third-order valence-electron chi connectivity index (χ3n) is 2.98. The van der Waals surface area contributed by atoms with Gasteiger partial charge in [-0.3, -0.25) is 4.79 Å². The molecule has 0 bridgehead atoms. The minimum absolute atomic E-state index is 0.297. The van der Waals surface area contributed by atoms with E-state index in [2.05, 4.69) is 33.1 Å². The molecule has 5 nitrogen and oxygen atoms in total. The van der Waals surface area contributed by atoms with E-state index < -0.39 is 0 Å². The van der Waals surface area contributed by atoms with Gasteiger partial charge in [-0.15, -0.1) is 0 Å². The summed E-state index contributed by atoms with van der Waals surface area (Å²) in [6.07, 6.45) is 1.45. The van der Waals surface area contributed by atoms with Gasteiger partial charge in [-0.2, -0.15) is 5.10 Å². The summed E-state index contributed by atoms with van der Waals surface area (Å²) in [5.74, 6) is 0.758. The van der Waals surface area contributed by atoms with Crippen LogP contribution in [0, 0.1) is 3.57 Å². The molecule has 0 spiro atoms. The van der Waals surface area contributed by atoms with Crippen LogP contribution in [0.4, 0.5) is 0 Å². The van der Waals surface area contributed by atoms with Crippen LogP contribution in [0.1, 0.15) is 15.9 Å². The number of halogens is 2. The fourth-order valence-electron chi connectivity index (χ4n) is 1.80. The predicted molar refractivity (Wildman–Crippen MR) is 98.8 cm³/mol. The number of methoxy groups -OCH3 is 2. The third kappa shape index (κ3) is 4.59. The molecule has 7 heteroatoms. The van der Waals surface area contributed by atoms with Crippen LogP contribution in [0.15, 0.2) is 41.5 Å². The Balaban J connectivity index is 2.11. The van der Waals surface area contributed by atoms with Crippen molar-refractivity contribution in [2.24, 2.45) is 5.10 Å². The van der Waals surface area contributed by atoms with Gasteiger partial charge in [0.1, 0.15) is 0 Å². The van der Waals surface area contributed by atoms with Crippen molar-refractivity contribution in [3.05, 3.63) is 56.1 Å². The van der Waals surface area contributed by atoms with Crippen molar-refractivity contribution in [1.29, 1.82) is 0 Å². The minimum atomic E-state index is -0.297. The van der Waals surface area contributed by atoms with E-state index in [0.29, 0.717) is 27.6 Å². The van der Waals surface area contributed by atoms with E-state index in [1.165, 1.54) is 20.4 Å². The summed E-state index contributed by atoms with van der Waals surface area (Å²) in [5.41, 5.74) is 3.59. The molecule has 23 heavy (non-hydrogen) atoms. The molecule has 2 aromatic carbocycles. The zero-order valence-corrected chi connectivity index (χ0v) is 15.4. The van der Waals surface area contributed by atoms with Gasteiger partial charge in [0.15, 0.2) is 11.5 Å². The molecule has 0 aliphatic heterocycles. The number of hydrazone groups is 1. The molecule has 0 aliphatic carbocycles. The zero-order valence-electron chi connectivity index (χ0n) is 12.5. The van der Waals surface area contributed by atoms with Crippen molar-refractivity contribution in [3.8, 4) is 11.5 Å². The van der Waals surface area contributed by atoms with E-state index >= 15 is 0 Å². The van der Waals surface area contributed by atoms with E-state index in [-0.39, 0.29) is 5.91 Å². The first-order valence-electron chi connectivity index (χ1n) is 6.55. The number of nitrogens with one attached hydrogen (secondary N) is 1. The summed E-state index contributed by atoms with van der Waals surface area (Å²) < 4.78 is 11.4. The number of hydrogen-bond donors (Lipinski definition) is 1. The highest BCUT2D eigenvalue weighted by atomic mass is 127. The summed E-state index contributed by atoms with van der Waals surface area (Å²) in [6, 6.07) is 10.5. The van der Waals surface area contributed by atoms with Crippen LogP contribution >= 0.6 is 34.2 Å². The predicted octanol–water partition coefficient (Wildman–Crippen LogP) is 3.73. The number of benzene rings is 2. The maximum Gasteiger partial charge on any atom is 0.271 e. The Morgan fingerprint density at radius 2 is 1.78 bits per heavy atom. The number of carbonyl (C=O) groups is 1. The zero-order chi connectivity index (χ0) is 16.8. The van der Waals surface area contributed by atoms with Crippen LogP contribution in [0.3, 0.4) is 0 Å². The number of carbonyl (C=O) groups excluding carboxylic acids is 1. The van der Waals surface area contributed by atoms with Gasteiger partial charge in [0.05, 0.1) is 25.5 Å². The summed E-state index contributed by atoms with van der Waals surface area (Å²) in [5, 5.41) is 4.36. The van der Waals surface area contributed by atoms with Crippen molar-refractivity contribution in [1.82, 2.24) is 5.43 Å². The summed E-state index contributed by atoms with van der Waals surface area (Å²) in [6.45, 7) is 0. The highest BCUT2D eigenvalue weighted by molar-refractivity contribution is 14.1. The average molecular weight is 445 g/mol. The number of nitrogens with zero attached hydrogens (tertiary/aromatic N) is 1. The topological polar surface area (TPSA) is 59.9 Å². The third-order valence-corrected chi connectivity index (χ3v) is 4.03. The van der Waals surface area contributed by atoms with Crippen LogP contribution in [-0.2, 0) is 0 Å². The molecular weight excluding hydrogens is 431 g/mol. The lowest BCUT2D eigenvalue weighted by molar-refractivity contribution is 0.0955. The van der Waals surface area contributed by atoms with Crippen LogP contribution in [0.25, 0.3) is 0 Å². The average Bonchev–Trinajstić information content (AvgIpc) is 2.56. The van der Waals surface area contributed by atoms with Crippen molar-refractivity contribution in [3.63, 3.8) is 0 Å². The van der Waals surface area contributed by atoms with E-state index in [1.807, 2.05) is 12.1 Å². The van der Waals surface area contributed by atoms with Gasteiger partial charge in [-0.05, 0) is 52.9 Å². The van der Waals surface area contributed by atoms with E-state index in [0.717, 1.165) is 3.57 Å². The van der Waals surface area contributed by atoms with E-state index in [9.17, 15) is 4.79 Å². The van der Waals surface area contributed by atoms with Gasteiger partial charge < -0.3 is 9.47 Å². The smallest absolute Gasteiger partial charge is 0.271 e. The van der Waals surface area contributed by atoms with Gasteiger partial charge in [-0.25, -0.2) is 5.43 Å². The van der Waals surface area contributed by atoms with Crippen molar-refractivity contribution in [2.75, 3.05) is 14.2 Å². The standard InChI is InChI=1S/C16H14ClIN2O3/c1-22-14-7-11(13(17)8-15(14)23-2)9-19-20-16(21)10-3-5-12(18)6-4-10/h3-9H,1-2H3,(H,20,21)/b19-9-. The Morgan fingerprint density at radius 1 is 1.17 bits per heavy atom. The Labute approximate surface area is 152 Å². The first-order valence-corrected chi connectivity index (χ1v) is 8.01. The molecule has 0 saturated carbocycles. The maximum atomic E-state index is 11.9. The minimum Gasteiger partial charge on any atom is -0.493 e. The van der Waals surface area contributed by atoms with Crippen LogP contribution in [0.5, 0.6) is 11.5 Å². The molecule has 120 valence electrons. The number of rotatable bonds is 5. The molecule has 0 heterocycles. The Kier molecular flexibility index (Phi) is 6.23. The monoisotopic (exact) mass is 444 g/mol. The van der Waals surface area contributed by atoms with Crippen LogP contribution in [-0.4, -0.2) is 26.3 Å². The normalized spacial score (nSPS) is 10.6. The van der Waals surface area contributed by atoms with Gasteiger partial charge in [-0.1, -0.05) is 11.6 Å². The molecule has 0 aliphatic rings. The number of hydrogen-bond acceptors (Lipinski definition) is 4. The second-order valence-electron chi connectivity index (χ2n) is 4.43. The molecule has 0 aromatic heterocycles. The maximum absolute atomic E-state index is 11.9. The summed E-state index contributed by atoms with van der Waals surface area (Å²) in [4.78, 5) is 11.9. The molecule has 0 atom stereocenters. The molecule has 2 aromatic rings. The lowest BCUT2D eigenvalue weighted by Crippen LogP contribution is -2.17.